The van der Waals surface area contributed by atoms with E-state index in [0.29, 0.717) is 16.8 Å². The number of aromatic nitrogens is 1. The molecule has 1 aliphatic rings. The van der Waals surface area contributed by atoms with Crippen molar-refractivity contribution in [2.75, 3.05) is 12.0 Å². The van der Waals surface area contributed by atoms with Crippen molar-refractivity contribution in [3.05, 3.63) is 87.7 Å². The largest absolute Gasteiger partial charge is 0.465 e. The van der Waals surface area contributed by atoms with E-state index in [-0.39, 0.29) is 5.57 Å². The van der Waals surface area contributed by atoms with E-state index < -0.39 is 23.8 Å². The van der Waals surface area contributed by atoms with Crippen molar-refractivity contribution in [1.29, 1.82) is 0 Å². The lowest BCUT2D eigenvalue weighted by molar-refractivity contribution is -0.122. The smallest absolute Gasteiger partial charge is 0.337 e. The molecule has 1 fully saturated rings. The number of urea groups is 1. The minimum atomic E-state index is -0.779. The Morgan fingerprint density at radius 1 is 0.886 bits per heavy atom. The number of nitrogens with zero attached hydrogens (tertiary/aromatic N) is 2. The van der Waals surface area contributed by atoms with E-state index in [9.17, 15) is 19.2 Å². The molecule has 4 rings (SSSR count). The van der Waals surface area contributed by atoms with Gasteiger partial charge in [0.05, 0.1) is 18.4 Å². The first kappa shape index (κ1) is 23.7. The summed E-state index contributed by atoms with van der Waals surface area (Å²) in [6.45, 7) is 7.51. The van der Waals surface area contributed by atoms with Crippen LogP contribution in [0.4, 0.5) is 10.5 Å². The number of hydrogen-bond donors (Lipinski definition) is 1. The number of carbonyl (C=O) groups is 4. The molecule has 4 amide bonds. The molecule has 0 saturated carbocycles. The minimum absolute atomic E-state index is 0.134. The summed E-state index contributed by atoms with van der Waals surface area (Å²) in [6, 6.07) is 13.4. The molecule has 1 aliphatic heterocycles. The number of carbonyl (C=O) groups excluding carboxylic acids is 4. The molecule has 3 aromatic rings. The first-order valence-corrected chi connectivity index (χ1v) is 11.0. The number of barbiturate groups is 1. The third-order valence-electron chi connectivity index (χ3n) is 5.88. The van der Waals surface area contributed by atoms with Crippen LogP contribution >= 0.6 is 0 Å². The van der Waals surface area contributed by atoms with Crippen LogP contribution in [-0.4, -0.2) is 35.5 Å². The van der Waals surface area contributed by atoms with Crippen LogP contribution in [0.15, 0.2) is 54.1 Å². The van der Waals surface area contributed by atoms with Crippen LogP contribution in [0.25, 0.3) is 11.8 Å². The second-order valence-electron chi connectivity index (χ2n) is 8.50. The lowest BCUT2D eigenvalue weighted by Crippen LogP contribution is -2.54. The molecule has 178 valence electrons. The molecule has 1 saturated heterocycles. The zero-order valence-electron chi connectivity index (χ0n) is 20.1. The van der Waals surface area contributed by atoms with E-state index >= 15 is 0 Å². The molecule has 2 aromatic carbocycles. The van der Waals surface area contributed by atoms with Crippen molar-refractivity contribution in [3.8, 4) is 5.69 Å². The van der Waals surface area contributed by atoms with Gasteiger partial charge in [0.1, 0.15) is 5.57 Å². The second kappa shape index (κ2) is 9.06. The first-order valence-electron chi connectivity index (χ1n) is 11.0. The highest BCUT2D eigenvalue weighted by molar-refractivity contribution is 6.39. The first-order chi connectivity index (χ1) is 16.6. The lowest BCUT2D eigenvalue weighted by Gasteiger charge is -2.27. The van der Waals surface area contributed by atoms with Crippen LogP contribution in [0, 0.1) is 27.7 Å². The maximum Gasteiger partial charge on any atom is 0.337 e. The molecule has 1 N–H and O–H groups in total. The number of aryl methyl sites for hydroxylation is 3. The lowest BCUT2D eigenvalue weighted by atomic mass is 10.1. The highest BCUT2D eigenvalue weighted by atomic mass is 16.5. The maximum absolute atomic E-state index is 13.3. The van der Waals surface area contributed by atoms with Gasteiger partial charge in [-0.15, -0.1) is 0 Å². The maximum atomic E-state index is 13.3. The fraction of sp³-hybridized carbons (Fsp3) is 0.185. The van der Waals surface area contributed by atoms with Crippen molar-refractivity contribution in [3.63, 3.8) is 0 Å². The monoisotopic (exact) mass is 471 g/mol. The molecule has 0 bridgehead atoms. The zero-order chi connectivity index (χ0) is 25.4. The van der Waals surface area contributed by atoms with Gasteiger partial charge in [0.2, 0.25) is 0 Å². The van der Waals surface area contributed by atoms with Gasteiger partial charge in [-0.1, -0.05) is 6.07 Å². The summed E-state index contributed by atoms with van der Waals surface area (Å²) in [7, 11) is 1.33. The Kier molecular flexibility index (Phi) is 6.13. The van der Waals surface area contributed by atoms with Crippen LogP contribution in [-0.2, 0) is 14.3 Å². The third-order valence-corrected chi connectivity index (χ3v) is 5.88. The van der Waals surface area contributed by atoms with Gasteiger partial charge in [-0.3, -0.25) is 14.9 Å². The Labute approximate surface area is 202 Å². The number of hydrogen-bond acceptors (Lipinski definition) is 5. The number of nitrogens with one attached hydrogen (secondary N) is 1. The molecule has 1 aromatic heterocycles. The summed E-state index contributed by atoms with van der Waals surface area (Å²) in [5.74, 6) is -1.85. The molecule has 8 nitrogen and oxygen atoms in total. The number of rotatable bonds is 4. The molecule has 0 radical (unpaired) electrons. The van der Waals surface area contributed by atoms with Gasteiger partial charge in [0.25, 0.3) is 11.8 Å². The zero-order valence-corrected chi connectivity index (χ0v) is 20.1. The van der Waals surface area contributed by atoms with E-state index in [4.69, 9.17) is 4.74 Å². The van der Waals surface area contributed by atoms with Crippen LogP contribution < -0.4 is 10.2 Å². The third kappa shape index (κ3) is 4.38. The molecule has 2 heterocycles. The Morgan fingerprint density at radius 3 is 2.11 bits per heavy atom. The summed E-state index contributed by atoms with van der Waals surface area (Å²) in [5.41, 5.74) is 5.61. The van der Waals surface area contributed by atoms with Crippen LogP contribution in [0.2, 0.25) is 0 Å². The second-order valence-corrected chi connectivity index (χ2v) is 8.50. The normalized spacial score (nSPS) is 14.9. The molecule has 0 aliphatic carbocycles. The average Bonchev–Trinajstić information content (AvgIpc) is 3.08. The van der Waals surface area contributed by atoms with Crippen molar-refractivity contribution >= 4 is 35.6 Å². The summed E-state index contributed by atoms with van der Waals surface area (Å²) >= 11 is 0. The highest BCUT2D eigenvalue weighted by Crippen LogP contribution is 2.27. The highest BCUT2D eigenvalue weighted by Gasteiger charge is 2.37. The van der Waals surface area contributed by atoms with E-state index in [1.165, 1.54) is 13.2 Å². The SMILES string of the molecule is COC(=O)c1ccc(-n2c(C)cc(/C=C3\C(=O)NC(=O)N(c4cc(C)cc(C)c4)C3=O)c2C)cc1. The van der Waals surface area contributed by atoms with Gasteiger partial charge in [-0.05, 0) is 92.9 Å². The van der Waals surface area contributed by atoms with Gasteiger partial charge in [-0.2, -0.15) is 0 Å². The van der Waals surface area contributed by atoms with E-state index in [1.807, 2.05) is 44.4 Å². The fourth-order valence-electron chi connectivity index (χ4n) is 4.32. The van der Waals surface area contributed by atoms with E-state index in [2.05, 4.69) is 5.32 Å². The van der Waals surface area contributed by atoms with Gasteiger partial charge in [-0.25, -0.2) is 14.5 Å². The average molecular weight is 472 g/mol. The van der Waals surface area contributed by atoms with Crippen molar-refractivity contribution < 1.29 is 23.9 Å². The number of amides is 4. The van der Waals surface area contributed by atoms with Crippen LogP contribution in [0.1, 0.15) is 38.4 Å². The van der Waals surface area contributed by atoms with Gasteiger partial charge < -0.3 is 9.30 Å². The molecule has 0 unspecified atom stereocenters. The molecular formula is C27H25N3O5. The van der Waals surface area contributed by atoms with Gasteiger partial charge in [0, 0.05) is 17.1 Å². The number of anilines is 1. The molecule has 35 heavy (non-hydrogen) atoms. The summed E-state index contributed by atoms with van der Waals surface area (Å²) in [6.07, 6.45) is 1.50. The number of esters is 1. The number of benzene rings is 2. The Morgan fingerprint density at radius 2 is 1.51 bits per heavy atom. The topological polar surface area (TPSA) is 97.7 Å². The van der Waals surface area contributed by atoms with Crippen LogP contribution in [0.5, 0.6) is 0 Å². The van der Waals surface area contributed by atoms with Gasteiger partial charge in [0.15, 0.2) is 0 Å². The molecular weight excluding hydrogens is 446 g/mol. The predicted molar refractivity (Wildman–Crippen MR) is 132 cm³/mol. The number of ether oxygens (including phenoxy) is 1. The quantitative estimate of drug-likeness (QED) is 0.350. The summed E-state index contributed by atoms with van der Waals surface area (Å²) in [5, 5.41) is 2.27. The Hall–Kier alpha value is -4.46. The van der Waals surface area contributed by atoms with Crippen molar-refractivity contribution in [2.24, 2.45) is 0 Å². The number of methoxy groups -OCH3 is 1. The minimum Gasteiger partial charge on any atom is -0.465 e. The molecule has 0 spiro atoms. The summed E-state index contributed by atoms with van der Waals surface area (Å²) < 4.78 is 6.70. The Balaban J connectivity index is 1.73. The van der Waals surface area contributed by atoms with E-state index in [1.54, 1.807) is 36.4 Å². The van der Waals surface area contributed by atoms with E-state index in [0.717, 1.165) is 33.1 Å². The van der Waals surface area contributed by atoms with Crippen molar-refractivity contribution in [1.82, 2.24) is 9.88 Å². The number of imide groups is 2. The molecule has 8 heteroatoms. The van der Waals surface area contributed by atoms with Gasteiger partial charge >= 0.3 is 12.0 Å². The standard InChI is InChI=1S/C27H25N3O5/c1-15-10-16(2)12-22(11-15)30-25(32)23(24(31)28-27(30)34)14-20-13-17(3)29(18(20)4)21-8-6-19(7-9-21)26(33)35-5/h6-14H,1-5H3,(H,28,31,34)/b23-14+. The summed E-state index contributed by atoms with van der Waals surface area (Å²) in [4.78, 5) is 51.2. The van der Waals surface area contributed by atoms with Crippen LogP contribution in [0.3, 0.4) is 0 Å². The molecule has 0 atom stereocenters. The fourth-order valence-corrected chi connectivity index (χ4v) is 4.32. The van der Waals surface area contributed by atoms with Crippen molar-refractivity contribution in [2.45, 2.75) is 27.7 Å². The Bertz CT molecular complexity index is 1390. The predicted octanol–water partition coefficient (Wildman–Crippen LogP) is 4.16.